The van der Waals surface area contributed by atoms with Crippen molar-refractivity contribution in [1.29, 1.82) is 0 Å². The maximum atomic E-state index is 14.1. The Hall–Kier alpha value is -2.72. The number of rotatable bonds is 7. The standard InChI is InChI=1S/C14H18FN7O2/c15-12-7-10(1-2-13(12)17-3-4-18-16)22-9-11(24-14(22)23)8-21-6-5-19-20-21/h1-2,5-7,11,17-18H,3-4,8-9,16H2. The number of nitrogens with two attached hydrogens (primary N) is 1. The van der Waals surface area contributed by atoms with Gasteiger partial charge in [-0.25, -0.2) is 13.9 Å². The van der Waals surface area contributed by atoms with E-state index in [1.54, 1.807) is 29.2 Å². The largest absolute Gasteiger partial charge is 0.442 e. The highest BCUT2D eigenvalue weighted by Crippen LogP contribution is 2.26. The number of carbonyl (C=O) groups is 1. The minimum Gasteiger partial charge on any atom is -0.442 e. The Labute approximate surface area is 137 Å². The molecule has 2 aromatic rings. The summed E-state index contributed by atoms with van der Waals surface area (Å²) in [5.41, 5.74) is 3.27. The molecule has 2 heterocycles. The van der Waals surface area contributed by atoms with E-state index in [1.807, 2.05) is 0 Å². The molecule has 9 nitrogen and oxygen atoms in total. The van der Waals surface area contributed by atoms with Gasteiger partial charge in [-0.1, -0.05) is 5.21 Å². The third-order valence-corrected chi connectivity index (χ3v) is 3.59. The predicted octanol–water partition coefficient (Wildman–Crippen LogP) is 0.318. The fourth-order valence-corrected chi connectivity index (χ4v) is 2.45. The van der Waals surface area contributed by atoms with Gasteiger partial charge in [0.1, 0.15) is 11.9 Å². The number of cyclic esters (lactones) is 1. The molecule has 128 valence electrons. The third kappa shape index (κ3) is 3.60. The highest BCUT2D eigenvalue weighted by atomic mass is 19.1. The van der Waals surface area contributed by atoms with Gasteiger partial charge in [0.25, 0.3) is 0 Å². The van der Waals surface area contributed by atoms with E-state index in [1.165, 1.54) is 11.0 Å². The van der Waals surface area contributed by atoms with Crippen LogP contribution in [-0.2, 0) is 11.3 Å². The molecule has 0 radical (unpaired) electrons. The average molecular weight is 335 g/mol. The van der Waals surface area contributed by atoms with E-state index in [2.05, 4.69) is 21.1 Å². The minimum atomic E-state index is -0.507. The lowest BCUT2D eigenvalue weighted by atomic mass is 10.2. The number of anilines is 2. The molecular weight excluding hydrogens is 317 g/mol. The van der Waals surface area contributed by atoms with Gasteiger partial charge >= 0.3 is 6.09 Å². The summed E-state index contributed by atoms with van der Waals surface area (Å²) in [7, 11) is 0. The van der Waals surface area contributed by atoms with Crippen LogP contribution in [0.15, 0.2) is 30.6 Å². The van der Waals surface area contributed by atoms with Crippen LogP contribution in [0, 0.1) is 5.82 Å². The molecule has 1 saturated heterocycles. The summed E-state index contributed by atoms with van der Waals surface area (Å²) in [5, 5.41) is 10.5. The van der Waals surface area contributed by atoms with Gasteiger partial charge in [0, 0.05) is 19.3 Å². The van der Waals surface area contributed by atoms with E-state index in [4.69, 9.17) is 10.6 Å². The van der Waals surface area contributed by atoms with Gasteiger partial charge in [-0.15, -0.1) is 5.10 Å². The number of carbonyl (C=O) groups excluding carboxylic acids is 1. The van der Waals surface area contributed by atoms with Crippen LogP contribution >= 0.6 is 0 Å². The van der Waals surface area contributed by atoms with Crippen LogP contribution in [0.4, 0.5) is 20.6 Å². The van der Waals surface area contributed by atoms with Gasteiger partial charge in [0.05, 0.1) is 30.7 Å². The Bertz CT molecular complexity index is 694. The number of hydrogen-bond acceptors (Lipinski definition) is 7. The molecule has 1 unspecified atom stereocenters. The van der Waals surface area contributed by atoms with Crippen LogP contribution in [0.3, 0.4) is 0 Å². The van der Waals surface area contributed by atoms with Crippen LogP contribution < -0.4 is 21.5 Å². The molecule has 0 spiro atoms. The summed E-state index contributed by atoms with van der Waals surface area (Å²) in [6.07, 6.45) is 2.37. The fraction of sp³-hybridized carbons (Fsp3) is 0.357. The number of hydrazine groups is 1. The maximum absolute atomic E-state index is 14.1. The summed E-state index contributed by atoms with van der Waals surface area (Å²) in [5.74, 6) is 4.72. The summed E-state index contributed by atoms with van der Waals surface area (Å²) < 4.78 is 21.0. The summed E-state index contributed by atoms with van der Waals surface area (Å²) >= 11 is 0. The monoisotopic (exact) mass is 335 g/mol. The first-order valence-corrected chi connectivity index (χ1v) is 7.46. The fourth-order valence-electron chi connectivity index (χ4n) is 2.45. The molecule has 1 aromatic carbocycles. The van der Waals surface area contributed by atoms with E-state index < -0.39 is 11.9 Å². The van der Waals surface area contributed by atoms with Crippen molar-refractivity contribution in [2.75, 3.05) is 29.9 Å². The Balaban J connectivity index is 1.65. The molecule has 1 atom stereocenters. The van der Waals surface area contributed by atoms with Crippen LogP contribution in [0.25, 0.3) is 0 Å². The number of amides is 1. The number of aromatic nitrogens is 3. The van der Waals surface area contributed by atoms with Crippen LogP contribution in [-0.4, -0.2) is 46.8 Å². The first-order chi connectivity index (χ1) is 11.7. The molecule has 1 aliphatic rings. The van der Waals surface area contributed by atoms with Crippen molar-refractivity contribution in [2.24, 2.45) is 5.84 Å². The zero-order chi connectivity index (χ0) is 16.9. The number of halogens is 1. The van der Waals surface area contributed by atoms with Gasteiger partial charge in [-0.05, 0) is 18.2 Å². The second-order valence-electron chi connectivity index (χ2n) is 5.29. The lowest BCUT2D eigenvalue weighted by Gasteiger charge is -2.15. The van der Waals surface area contributed by atoms with Gasteiger partial charge in [-0.2, -0.15) is 0 Å². The molecule has 1 aromatic heterocycles. The number of nitrogens with one attached hydrogen (secondary N) is 2. The molecule has 1 fully saturated rings. The predicted molar refractivity (Wildman–Crippen MR) is 84.7 cm³/mol. The second kappa shape index (κ2) is 7.23. The summed E-state index contributed by atoms with van der Waals surface area (Å²) in [4.78, 5) is 13.4. The number of benzene rings is 1. The SMILES string of the molecule is NNCCNc1ccc(N2CC(Cn3ccnn3)OC2=O)cc1F. The lowest BCUT2D eigenvalue weighted by molar-refractivity contribution is 0.129. The van der Waals surface area contributed by atoms with Crippen molar-refractivity contribution in [3.05, 3.63) is 36.4 Å². The second-order valence-corrected chi connectivity index (χ2v) is 5.29. The smallest absolute Gasteiger partial charge is 0.414 e. The molecule has 0 saturated carbocycles. The van der Waals surface area contributed by atoms with Gasteiger partial charge in [-0.3, -0.25) is 16.2 Å². The number of nitrogens with zero attached hydrogens (tertiary/aromatic N) is 4. The molecule has 10 heteroatoms. The molecule has 4 N–H and O–H groups in total. The lowest BCUT2D eigenvalue weighted by Crippen LogP contribution is -2.28. The Morgan fingerprint density at radius 3 is 3.00 bits per heavy atom. The first kappa shape index (κ1) is 16.1. The summed E-state index contributed by atoms with van der Waals surface area (Å²) in [6, 6.07) is 4.55. The van der Waals surface area contributed by atoms with E-state index in [9.17, 15) is 9.18 Å². The zero-order valence-electron chi connectivity index (χ0n) is 12.9. The molecule has 1 aliphatic heterocycles. The van der Waals surface area contributed by atoms with Crippen LogP contribution in [0.2, 0.25) is 0 Å². The Morgan fingerprint density at radius 1 is 1.42 bits per heavy atom. The van der Waals surface area contributed by atoms with Crippen molar-refractivity contribution in [3.63, 3.8) is 0 Å². The molecule has 1 amide bonds. The van der Waals surface area contributed by atoms with Crippen LogP contribution in [0.5, 0.6) is 0 Å². The van der Waals surface area contributed by atoms with Crippen molar-refractivity contribution < 1.29 is 13.9 Å². The van der Waals surface area contributed by atoms with Crippen molar-refractivity contribution in [3.8, 4) is 0 Å². The summed E-state index contributed by atoms with van der Waals surface area (Å²) in [6.45, 7) is 1.71. The third-order valence-electron chi connectivity index (χ3n) is 3.59. The quantitative estimate of drug-likeness (QED) is 0.380. The van der Waals surface area contributed by atoms with Crippen LogP contribution in [0.1, 0.15) is 0 Å². The van der Waals surface area contributed by atoms with Crippen molar-refractivity contribution >= 4 is 17.5 Å². The highest BCUT2D eigenvalue weighted by Gasteiger charge is 2.33. The molecule has 24 heavy (non-hydrogen) atoms. The van der Waals surface area contributed by atoms with Crippen molar-refractivity contribution in [1.82, 2.24) is 20.4 Å². The maximum Gasteiger partial charge on any atom is 0.414 e. The number of ether oxygens (including phenoxy) is 1. The van der Waals surface area contributed by atoms with E-state index in [-0.39, 0.29) is 6.10 Å². The molecule has 3 rings (SSSR count). The molecule has 0 bridgehead atoms. The Morgan fingerprint density at radius 2 is 2.29 bits per heavy atom. The average Bonchev–Trinajstić information content (AvgIpc) is 3.19. The number of hydrogen-bond donors (Lipinski definition) is 3. The Kier molecular flexibility index (Phi) is 4.87. The van der Waals surface area contributed by atoms with Crippen molar-refractivity contribution in [2.45, 2.75) is 12.6 Å². The molecular formula is C14H18FN7O2. The minimum absolute atomic E-state index is 0.321. The zero-order valence-corrected chi connectivity index (χ0v) is 12.9. The first-order valence-electron chi connectivity index (χ1n) is 7.46. The highest BCUT2D eigenvalue weighted by molar-refractivity contribution is 5.90. The topological polar surface area (TPSA) is 110 Å². The molecule has 0 aliphatic carbocycles. The van der Waals surface area contributed by atoms with E-state index >= 15 is 0 Å². The van der Waals surface area contributed by atoms with Gasteiger partial charge in [0.2, 0.25) is 0 Å². The van der Waals surface area contributed by atoms with Gasteiger partial charge < -0.3 is 10.1 Å². The van der Waals surface area contributed by atoms with Gasteiger partial charge in [0.15, 0.2) is 0 Å². The van der Waals surface area contributed by atoms with E-state index in [0.29, 0.717) is 37.6 Å². The van der Waals surface area contributed by atoms with E-state index in [0.717, 1.165) is 0 Å². The normalized spacial score (nSPS) is 17.2.